The molecule has 1 unspecified atom stereocenters. The standard InChI is InChI=1S/C13H18BrNOS/c14-11-3-1-2-4-13(11)16-9-12(15)10-5-7-17-8-6-10/h1-4,10,12H,5-9,15H2. The quantitative estimate of drug-likeness (QED) is 0.926. The molecule has 2 rings (SSSR count). The lowest BCUT2D eigenvalue weighted by Gasteiger charge is -2.27. The van der Waals surface area contributed by atoms with Crippen molar-refractivity contribution in [2.75, 3.05) is 18.1 Å². The lowest BCUT2D eigenvalue weighted by molar-refractivity contribution is 0.237. The van der Waals surface area contributed by atoms with Gasteiger partial charge in [0.05, 0.1) is 4.47 Å². The molecule has 4 heteroatoms. The van der Waals surface area contributed by atoms with Crippen molar-refractivity contribution in [1.82, 2.24) is 0 Å². The maximum atomic E-state index is 6.20. The summed E-state index contributed by atoms with van der Waals surface area (Å²) in [5.74, 6) is 3.99. The smallest absolute Gasteiger partial charge is 0.133 e. The molecular weight excluding hydrogens is 298 g/mol. The highest BCUT2D eigenvalue weighted by Gasteiger charge is 2.21. The molecule has 0 saturated carbocycles. The Labute approximate surface area is 115 Å². The third-order valence-corrected chi connectivity index (χ3v) is 4.84. The summed E-state index contributed by atoms with van der Waals surface area (Å²) >= 11 is 5.50. The first-order chi connectivity index (χ1) is 8.27. The normalized spacial score (nSPS) is 18.9. The zero-order valence-corrected chi connectivity index (χ0v) is 12.2. The number of hydrogen-bond donors (Lipinski definition) is 1. The average Bonchev–Trinajstić information content (AvgIpc) is 2.38. The maximum Gasteiger partial charge on any atom is 0.133 e. The number of ether oxygens (including phenoxy) is 1. The van der Waals surface area contributed by atoms with E-state index in [1.807, 2.05) is 36.0 Å². The lowest BCUT2D eigenvalue weighted by atomic mass is 9.95. The highest BCUT2D eigenvalue weighted by atomic mass is 79.9. The lowest BCUT2D eigenvalue weighted by Crippen LogP contribution is -2.37. The van der Waals surface area contributed by atoms with E-state index < -0.39 is 0 Å². The second-order valence-corrected chi connectivity index (χ2v) is 6.43. The molecule has 0 radical (unpaired) electrons. The number of thioether (sulfide) groups is 1. The van der Waals surface area contributed by atoms with Crippen LogP contribution in [0.1, 0.15) is 12.8 Å². The zero-order valence-electron chi connectivity index (χ0n) is 9.77. The second kappa shape index (κ2) is 6.66. The van der Waals surface area contributed by atoms with Gasteiger partial charge in [0, 0.05) is 6.04 Å². The number of rotatable bonds is 4. The first-order valence-electron chi connectivity index (χ1n) is 5.98. The van der Waals surface area contributed by atoms with Crippen molar-refractivity contribution >= 4 is 27.7 Å². The van der Waals surface area contributed by atoms with E-state index in [-0.39, 0.29) is 6.04 Å². The van der Waals surface area contributed by atoms with Gasteiger partial charge in [0.25, 0.3) is 0 Å². The van der Waals surface area contributed by atoms with E-state index in [9.17, 15) is 0 Å². The van der Waals surface area contributed by atoms with E-state index in [1.54, 1.807) is 0 Å². The van der Waals surface area contributed by atoms with Crippen LogP contribution < -0.4 is 10.5 Å². The van der Waals surface area contributed by atoms with Gasteiger partial charge >= 0.3 is 0 Å². The molecular formula is C13H18BrNOS. The molecule has 1 heterocycles. The van der Waals surface area contributed by atoms with Crippen LogP contribution in [-0.4, -0.2) is 24.2 Å². The van der Waals surface area contributed by atoms with Crippen LogP contribution in [0.3, 0.4) is 0 Å². The number of hydrogen-bond acceptors (Lipinski definition) is 3. The van der Waals surface area contributed by atoms with Crippen molar-refractivity contribution in [3.63, 3.8) is 0 Å². The van der Waals surface area contributed by atoms with Crippen molar-refractivity contribution in [1.29, 1.82) is 0 Å². The Morgan fingerprint density at radius 3 is 2.76 bits per heavy atom. The molecule has 0 aromatic heterocycles. The van der Waals surface area contributed by atoms with Crippen LogP contribution in [0.5, 0.6) is 5.75 Å². The Balaban J connectivity index is 1.83. The number of benzene rings is 1. The molecule has 1 atom stereocenters. The van der Waals surface area contributed by atoms with Gasteiger partial charge in [0.1, 0.15) is 12.4 Å². The Morgan fingerprint density at radius 1 is 1.35 bits per heavy atom. The summed E-state index contributed by atoms with van der Waals surface area (Å²) in [6.45, 7) is 0.609. The SMILES string of the molecule is NC(COc1ccccc1Br)C1CCSCC1. The molecule has 1 aliphatic rings. The van der Waals surface area contributed by atoms with Gasteiger partial charge in [-0.15, -0.1) is 0 Å². The van der Waals surface area contributed by atoms with Crippen LogP contribution in [0.15, 0.2) is 28.7 Å². The largest absolute Gasteiger partial charge is 0.491 e. The fourth-order valence-corrected chi connectivity index (χ4v) is 3.57. The predicted octanol–water partition coefficient (Wildman–Crippen LogP) is 3.30. The van der Waals surface area contributed by atoms with E-state index in [0.29, 0.717) is 12.5 Å². The van der Waals surface area contributed by atoms with Crippen LogP contribution in [0.25, 0.3) is 0 Å². The number of para-hydroxylation sites is 1. The Bertz CT molecular complexity index is 355. The number of halogens is 1. The van der Waals surface area contributed by atoms with Gasteiger partial charge in [-0.2, -0.15) is 11.8 Å². The molecule has 0 aliphatic carbocycles. The van der Waals surface area contributed by atoms with Gasteiger partial charge in [0.15, 0.2) is 0 Å². The van der Waals surface area contributed by atoms with Crippen LogP contribution in [0.4, 0.5) is 0 Å². The minimum absolute atomic E-state index is 0.156. The Kier molecular flexibility index (Phi) is 5.19. The summed E-state index contributed by atoms with van der Waals surface area (Å²) in [4.78, 5) is 0. The Morgan fingerprint density at radius 2 is 2.06 bits per heavy atom. The molecule has 1 saturated heterocycles. The van der Waals surface area contributed by atoms with E-state index in [0.717, 1.165) is 10.2 Å². The zero-order chi connectivity index (χ0) is 12.1. The Hall–Kier alpha value is -0.190. The highest BCUT2D eigenvalue weighted by Crippen LogP contribution is 2.27. The van der Waals surface area contributed by atoms with Crippen LogP contribution in [0.2, 0.25) is 0 Å². The molecule has 1 aromatic rings. The van der Waals surface area contributed by atoms with E-state index >= 15 is 0 Å². The molecule has 0 amide bonds. The fourth-order valence-electron chi connectivity index (χ4n) is 2.03. The van der Waals surface area contributed by atoms with Gasteiger partial charge in [0.2, 0.25) is 0 Å². The van der Waals surface area contributed by atoms with Crippen LogP contribution in [-0.2, 0) is 0 Å². The third-order valence-electron chi connectivity index (χ3n) is 3.14. The van der Waals surface area contributed by atoms with Gasteiger partial charge in [-0.05, 0) is 58.3 Å². The predicted molar refractivity (Wildman–Crippen MR) is 77.7 cm³/mol. The first-order valence-corrected chi connectivity index (χ1v) is 7.93. The minimum atomic E-state index is 0.156. The second-order valence-electron chi connectivity index (χ2n) is 4.36. The topological polar surface area (TPSA) is 35.2 Å². The summed E-state index contributed by atoms with van der Waals surface area (Å²) < 4.78 is 6.77. The molecule has 0 spiro atoms. The van der Waals surface area contributed by atoms with E-state index in [1.165, 1.54) is 24.3 Å². The van der Waals surface area contributed by atoms with Crippen molar-refractivity contribution in [2.45, 2.75) is 18.9 Å². The molecule has 1 aliphatic heterocycles. The summed E-state index contributed by atoms with van der Waals surface area (Å²) in [7, 11) is 0. The summed E-state index contributed by atoms with van der Waals surface area (Å²) in [6, 6.07) is 8.06. The van der Waals surface area contributed by atoms with E-state index in [2.05, 4.69) is 15.9 Å². The molecule has 2 N–H and O–H groups in total. The van der Waals surface area contributed by atoms with Gasteiger partial charge < -0.3 is 10.5 Å². The molecule has 1 aromatic carbocycles. The molecule has 2 nitrogen and oxygen atoms in total. The van der Waals surface area contributed by atoms with Gasteiger partial charge in [-0.3, -0.25) is 0 Å². The van der Waals surface area contributed by atoms with Gasteiger partial charge in [-0.1, -0.05) is 12.1 Å². The third kappa shape index (κ3) is 3.90. The number of nitrogens with two attached hydrogens (primary N) is 1. The van der Waals surface area contributed by atoms with E-state index in [4.69, 9.17) is 10.5 Å². The molecule has 17 heavy (non-hydrogen) atoms. The minimum Gasteiger partial charge on any atom is -0.491 e. The highest BCUT2D eigenvalue weighted by molar-refractivity contribution is 9.10. The van der Waals surface area contributed by atoms with Crippen molar-refractivity contribution in [2.24, 2.45) is 11.7 Å². The molecule has 0 bridgehead atoms. The van der Waals surface area contributed by atoms with Crippen LogP contribution in [0, 0.1) is 5.92 Å². The molecule has 1 fully saturated rings. The first kappa shape index (κ1) is 13.2. The van der Waals surface area contributed by atoms with Crippen molar-refractivity contribution in [3.8, 4) is 5.75 Å². The van der Waals surface area contributed by atoms with Crippen LogP contribution >= 0.6 is 27.7 Å². The fraction of sp³-hybridized carbons (Fsp3) is 0.538. The molecule has 94 valence electrons. The van der Waals surface area contributed by atoms with Gasteiger partial charge in [-0.25, -0.2) is 0 Å². The summed E-state index contributed by atoms with van der Waals surface area (Å²) in [5, 5.41) is 0. The summed E-state index contributed by atoms with van der Waals surface area (Å²) in [6.07, 6.45) is 2.45. The van der Waals surface area contributed by atoms with Crippen molar-refractivity contribution in [3.05, 3.63) is 28.7 Å². The monoisotopic (exact) mass is 315 g/mol. The maximum absolute atomic E-state index is 6.20. The van der Waals surface area contributed by atoms with Crippen molar-refractivity contribution < 1.29 is 4.74 Å². The summed E-state index contributed by atoms with van der Waals surface area (Å²) in [5.41, 5.74) is 6.20. The average molecular weight is 316 g/mol.